The molecule has 0 spiro atoms. The predicted molar refractivity (Wildman–Crippen MR) is 78.8 cm³/mol. The van der Waals surface area contributed by atoms with Crippen LogP contribution in [0.15, 0.2) is 24.3 Å². The van der Waals surface area contributed by atoms with Crippen molar-refractivity contribution in [3.63, 3.8) is 0 Å². The van der Waals surface area contributed by atoms with E-state index in [1.807, 2.05) is 24.3 Å². The molecular formula is C17H18N2O2. The molecule has 1 aliphatic carbocycles. The first-order chi connectivity index (χ1) is 10.2. The van der Waals surface area contributed by atoms with Crippen LogP contribution in [0.4, 0.5) is 0 Å². The molecule has 2 amide bonds. The van der Waals surface area contributed by atoms with Gasteiger partial charge in [-0.2, -0.15) is 0 Å². The van der Waals surface area contributed by atoms with Crippen LogP contribution in [0.5, 0.6) is 0 Å². The average Bonchev–Trinajstić information content (AvgIpc) is 3.06. The van der Waals surface area contributed by atoms with Crippen LogP contribution >= 0.6 is 0 Å². The third-order valence-corrected chi connectivity index (χ3v) is 4.28. The van der Waals surface area contributed by atoms with E-state index in [2.05, 4.69) is 11.8 Å². The van der Waals surface area contributed by atoms with Gasteiger partial charge in [-0.1, -0.05) is 30.4 Å². The molecule has 1 heterocycles. The van der Waals surface area contributed by atoms with Gasteiger partial charge in [-0.05, 0) is 30.5 Å². The van der Waals surface area contributed by atoms with E-state index in [4.69, 9.17) is 5.73 Å². The molecule has 1 aromatic rings. The van der Waals surface area contributed by atoms with Crippen LogP contribution in [0.3, 0.4) is 0 Å². The first-order valence-corrected chi connectivity index (χ1v) is 7.34. The van der Waals surface area contributed by atoms with E-state index in [0.717, 1.165) is 30.4 Å². The molecule has 0 radical (unpaired) electrons. The highest BCUT2D eigenvalue weighted by Gasteiger charge is 2.49. The molecule has 2 fully saturated rings. The average molecular weight is 282 g/mol. The molecule has 2 aliphatic rings. The van der Waals surface area contributed by atoms with Crippen LogP contribution in [-0.2, 0) is 16.1 Å². The molecule has 1 aliphatic heterocycles. The minimum absolute atomic E-state index is 0.000875. The number of fused-ring (bicyclic) bond motifs is 1. The van der Waals surface area contributed by atoms with Crippen molar-refractivity contribution in [3.8, 4) is 11.8 Å². The Balaban J connectivity index is 1.78. The summed E-state index contributed by atoms with van der Waals surface area (Å²) in [7, 11) is 0. The fraction of sp³-hybridized carbons (Fsp3) is 0.412. The molecule has 2 unspecified atom stereocenters. The standard InChI is InChI=1S/C17H18N2O2/c18-9-3-6-12-4-1-5-13(10-12)11-19-16(20)14-7-2-8-15(14)17(19)21/h1,4-5,10,14-15H,2,7-9,11,18H2. The molecule has 1 saturated carbocycles. The monoisotopic (exact) mass is 282 g/mol. The molecule has 108 valence electrons. The number of hydrogen-bond acceptors (Lipinski definition) is 3. The molecule has 0 aromatic heterocycles. The van der Waals surface area contributed by atoms with Crippen LogP contribution in [0.25, 0.3) is 0 Å². The van der Waals surface area contributed by atoms with Gasteiger partial charge in [0.05, 0.1) is 24.9 Å². The third-order valence-electron chi connectivity index (χ3n) is 4.28. The number of nitrogens with two attached hydrogens (primary N) is 1. The summed E-state index contributed by atoms with van der Waals surface area (Å²) in [4.78, 5) is 26.1. The van der Waals surface area contributed by atoms with E-state index in [9.17, 15) is 9.59 Å². The van der Waals surface area contributed by atoms with Crippen LogP contribution in [0.2, 0.25) is 0 Å². The predicted octanol–water partition coefficient (Wildman–Crippen LogP) is 1.28. The smallest absolute Gasteiger partial charge is 0.233 e. The first kappa shape index (κ1) is 13.8. The number of rotatable bonds is 2. The quantitative estimate of drug-likeness (QED) is 0.656. The number of likely N-dealkylation sites (tertiary alicyclic amines) is 1. The van der Waals surface area contributed by atoms with Crippen molar-refractivity contribution in [3.05, 3.63) is 35.4 Å². The third kappa shape index (κ3) is 2.57. The van der Waals surface area contributed by atoms with Crippen molar-refractivity contribution in [1.29, 1.82) is 0 Å². The fourth-order valence-electron chi connectivity index (χ4n) is 3.30. The van der Waals surface area contributed by atoms with Gasteiger partial charge in [0.15, 0.2) is 0 Å². The SMILES string of the molecule is NCC#Cc1cccc(CN2C(=O)C3CCCC3C2=O)c1. The van der Waals surface area contributed by atoms with Gasteiger partial charge < -0.3 is 5.73 Å². The number of carbonyl (C=O) groups is 2. The van der Waals surface area contributed by atoms with Gasteiger partial charge in [0, 0.05) is 5.56 Å². The maximum atomic E-state index is 12.3. The van der Waals surface area contributed by atoms with Crippen LogP contribution < -0.4 is 5.73 Å². The van der Waals surface area contributed by atoms with Gasteiger partial charge in [0.25, 0.3) is 0 Å². The Morgan fingerprint density at radius 2 is 1.90 bits per heavy atom. The molecule has 3 rings (SSSR count). The summed E-state index contributed by atoms with van der Waals surface area (Å²) >= 11 is 0. The highest BCUT2D eigenvalue weighted by atomic mass is 16.2. The van der Waals surface area contributed by atoms with Gasteiger partial charge in [-0.25, -0.2) is 0 Å². The highest BCUT2D eigenvalue weighted by molar-refractivity contribution is 6.05. The Hall–Kier alpha value is -2.12. The molecule has 1 aromatic carbocycles. The van der Waals surface area contributed by atoms with Crippen molar-refractivity contribution >= 4 is 11.8 Å². The van der Waals surface area contributed by atoms with E-state index >= 15 is 0 Å². The number of imide groups is 1. The number of amides is 2. The zero-order chi connectivity index (χ0) is 14.8. The second-order valence-electron chi connectivity index (χ2n) is 5.61. The Morgan fingerprint density at radius 1 is 1.19 bits per heavy atom. The van der Waals surface area contributed by atoms with Crippen molar-refractivity contribution in [1.82, 2.24) is 4.90 Å². The van der Waals surface area contributed by atoms with Gasteiger partial charge in [-0.15, -0.1) is 0 Å². The van der Waals surface area contributed by atoms with Crippen LogP contribution in [-0.4, -0.2) is 23.3 Å². The normalized spacial score (nSPS) is 24.0. The lowest BCUT2D eigenvalue weighted by Crippen LogP contribution is -2.31. The largest absolute Gasteiger partial charge is 0.320 e. The maximum Gasteiger partial charge on any atom is 0.233 e. The first-order valence-electron chi connectivity index (χ1n) is 7.34. The summed E-state index contributed by atoms with van der Waals surface area (Å²) in [6.07, 6.45) is 2.70. The number of hydrogen-bond donors (Lipinski definition) is 1. The van der Waals surface area contributed by atoms with Gasteiger partial charge in [0.1, 0.15) is 0 Å². The van der Waals surface area contributed by atoms with Crippen LogP contribution in [0, 0.1) is 23.7 Å². The Morgan fingerprint density at radius 3 is 2.57 bits per heavy atom. The van der Waals surface area contributed by atoms with E-state index < -0.39 is 0 Å². The summed E-state index contributed by atoms with van der Waals surface area (Å²) in [6, 6.07) is 7.62. The fourth-order valence-corrected chi connectivity index (χ4v) is 3.30. The van der Waals surface area contributed by atoms with E-state index in [0.29, 0.717) is 13.1 Å². The summed E-state index contributed by atoms with van der Waals surface area (Å²) in [5.74, 6) is 5.63. The second-order valence-corrected chi connectivity index (χ2v) is 5.61. The van der Waals surface area contributed by atoms with Gasteiger partial charge in [0.2, 0.25) is 11.8 Å². The Labute approximate surface area is 124 Å². The summed E-state index contributed by atoms with van der Waals surface area (Å²) in [6.45, 7) is 0.666. The van der Waals surface area contributed by atoms with Crippen LogP contribution in [0.1, 0.15) is 30.4 Å². The van der Waals surface area contributed by atoms with Crippen molar-refractivity contribution in [2.45, 2.75) is 25.8 Å². The van der Waals surface area contributed by atoms with Gasteiger partial charge in [-0.3, -0.25) is 14.5 Å². The maximum absolute atomic E-state index is 12.3. The molecule has 0 bridgehead atoms. The minimum Gasteiger partial charge on any atom is -0.320 e. The summed E-state index contributed by atoms with van der Waals surface area (Å²) in [5, 5.41) is 0. The lowest BCUT2D eigenvalue weighted by molar-refractivity contribution is -0.141. The molecule has 2 atom stereocenters. The van der Waals surface area contributed by atoms with E-state index in [1.165, 1.54) is 4.90 Å². The van der Waals surface area contributed by atoms with E-state index in [1.54, 1.807) is 0 Å². The molecule has 4 heteroatoms. The topological polar surface area (TPSA) is 63.4 Å². The van der Waals surface area contributed by atoms with Crippen molar-refractivity contribution in [2.24, 2.45) is 17.6 Å². The lowest BCUT2D eigenvalue weighted by atomic mass is 10.00. The Kier molecular flexibility index (Phi) is 3.76. The summed E-state index contributed by atoms with van der Waals surface area (Å²) < 4.78 is 0. The number of carbonyl (C=O) groups excluding carboxylic acids is 2. The lowest BCUT2D eigenvalue weighted by Gasteiger charge is -2.16. The van der Waals surface area contributed by atoms with E-state index in [-0.39, 0.29) is 23.7 Å². The highest BCUT2D eigenvalue weighted by Crippen LogP contribution is 2.40. The number of nitrogens with zero attached hydrogens (tertiary/aromatic N) is 1. The van der Waals surface area contributed by atoms with Crippen molar-refractivity contribution < 1.29 is 9.59 Å². The number of benzene rings is 1. The Bertz CT molecular complexity index is 620. The zero-order valence-electron chi connectivity index (χ0n) is 11.8. The molecule has 2 N–H and O–H groups in total. The second kappa shape index (κ2) is 5.71. The zero-order valence-corrected chi connectivity index (χ0v) is 11.8. The summed E-state index contributed by atoms with van der Waals surface area (Å²) in [5.41, 5.74) is 7.15. The molecule has 1 saturated heterocycles. The molecular weight excluding hydrogens is 264 g/mol. The minimum atomic E-state index is -0.0716. The molecule has 4 nitrogen and oxygen atoms in total. The molecule has 21 heavy (non-hydrogen) atoms. The van der Waals surface area contributed by atoms with Gasteiger partial charge >= 0.3 is 0 Å². The van der Waals surface area contributed by atoms with Crippen molar-refractivity contribution in [2.75, 3.05) is 6.54 Å².